The van der Waals surface area contributed by atoms with Crippen molar-refractivity contribution in [3.63, 3.8) is 0 Å². The van der Waals surface area contributed by atoms with Crippen molar-refractivity contribution in [1.29, 1.82) is 0 Å². The van der Waals surface area contributed by atoms with Crippen molar-refractivity contribution < 1.29 is 35.7 Å². The Bertz CT molecular complexity index is 640. The number of carbonyl (C=O) groups excluding carboxylic acids is 1. The SMILES string of the molecule is C[I+]c1cccc(C(=O)Oc2ccc([N+](=O)[O-])cc2)c1. The molecular weight excluding hydrogens is 373 g/mol. The number of halogens is 1. The lowest BCUT2D eigenvalue weighted by molar-refractivity contribution is -0.597. The number of nitrogens with zero attached hydrogens (tertiary/aromatic N) is 1. The van der Waals surface area contributed by atoms with E-state index in [1.807, 2.05) is 18.2 Å². The van der Waals surface area contributed by atoms with Crippen LogP contribution in [0.2, 0.25) is 0 Å². The maximum atomic E-state index is 12.0. The van der Waals surface area contributed by atoms with Gasteiger partial charge in [-0.2, -0.15) is 0 Å². The quantitative estimate of drug-likeness (QED) is 0.181. The van der Waals surface area contributed by atoms with E-state index in [0.29, 0.717) is 5.56 Å². The molecule has 0 aromatic heterocycles. The summed E-state index contributed by atoms with van der Waals surface area (Å²) in [5, 5.41) is 10.5. The minimum atomic E-state index is -0.500. The van der Waals surface area contributed by atoms with Gasteiger partial charge in [0.1, 0.15) is 10.7 Å². The molecule has 0 N–H and O–H groups in total. The Morgan fingerprint density at radius 2 is 1.90 bits per heavy atom. The van der Waals surface area contributed by atoms with Crippen LogP contribution in [0, 0.1) is 13.7 Å². The first-order valence-electron chi connectivity index (χ1n) is 5.66. The first-order chi connectivity index (χ1) is 9.60. The second-order valence-corrected chi connectivity index (χ2v) is 6.16. The second kappa shape index (κ2) is 6.47. The van der Waals surface area contributed by atoms with E-state index in [2.05, 4.69) is 4.93 Å². The molecule has 2 aromatic rings. The molecule has 0 heterocycles. The van der Waals surface area contributed by atoms with E-state index in [1.54, 1.807) is 6.07 Å². The zero-order valence-corrected chi connectivity index (χ0v) is 12.7. The minimum absolute atomic E-state index is 0.0393. The van der Waals surface area contributed by atoms with Crippen LogP contribution in [0.1, 0.15) is 10.4 Å². The van der Waals surface area contributed by atoms with Crippen molar-refractivity contribution >= 4 is 11.7 Å². The minimum Gasteiger partial charge on any atom is -0.423 e. The molecule has 0 bridgehead atoms. The first-order valence-corrected chi connectivity index (χ1v) is 8.90. The topological polar surface area (TPSA) is 69.4 Å². The van der Waals surface area contributed by atoms with E-state index in [-0.39, 0.29) is 32.6 Å². The highest BCUT2D eigenvalue weighted by Crippen LogP contribution is 2.18. The van der Waals surface area contributed by atoms with Crippen molar-refractivity contribution in [1.82, 2.24) is 0 Å². The molecule has 2 rings (SSSR count). The van der Waals surface area contributed by atoms with Gasteiger partial charge < -0.3 is 4.74 Å². The summed E-state index contributed by atoms with van der Waals surface area (Å²) in [5.41, 5.74) is 0.449. The van der Waals surface area contributed by atoms with Crippen LogP contribution in [0.15, 0.2) is 48.5 Å². The number of alkyl halides is 1. The van der Waals surface area contributed by atoms with Crippen molar-refractivity contribution in [2.24, 2.45) is 0 Å². The number of ether oxygens (including phenoxy) is 1. The van der Waals surface area contributed by atoms with E-state index in [1.165, 1.54) is 24.3 Å². The number of nitro groups is 1. The first kappa shape index (κ1) is 14.4. The lowest BCUT2D eigenvalue weighted by Gasteiger charge is -2.03. The lowest BCUT2D eigenvalue weighted by Crippen LogP contribution is -3.60. The molecule has 0 unspecified atom stereocenters. The lowest BCUT2D eigenvalue weighted by atomic mass is 10.2. The fourth-order valence-electron chi connectivity index (χ4n) is 1.53. The molecule has 0 saturated heterocycles. The third-order valence-corrected chi connectivity index (χ3v) is 4.45. The van der Waals surface area contributed by atoms with Gasteiger partial charge in [-0.05, 0) is 24.3 Å². The van der Waals surface area contributed by atoms with Gasteiger partial charge in [-0.15, -0.1) is 0 Å². The molecular formula is C14H11INO4+. The van der Waals surface area contributed by atoms with Crippen LogP contribution in [0.4, 0.5) is 5.69 Å². The number of hydrogen-bond acceptors (Lipinski definition) is 4. The number of carbonyl (C=O) groups is 1. The second-order valence-electron chi connectivity index (χ2n) is 3.84. The summed E-state index contributed by atoms with van der Waals surface area (Å²) < 4.78 is 6.34. The number of hydrogen-bond donors (Lipinski definition) is 0. The fraction of sp³-hybridized carbons (Fsp3) is 0.0714. The summed E-state index contributed by atoms with van der Waals surface area (Å²) in [5.74, 6) is -0.171. The summed E-state index contributed by atoms with van der Waals surface area (Å²) >= 11 is -0.0882. The van der Waals surface area contributed by atoms with E-state index in [9.17, 15) is 14.9 Å². The van der Waals surface area contributed by atoms with Crippen molar-refractivity contribution in [2.45, 2.75) is 0 Å². The van der Waals surface area contributed by atoms with Crippen molar-refractivity contribution in [2.75, 3.05) is 4.93 Å². The largest absolute Gasteiger partial charge is 0.423 e. The van der Waals surface area contributed by atoms with Crippen molar-refractivity contribution in [3.05, 3.63) is 67.8 Å². The van der Waals surface area contributed by atoms with Gasteiger partial charge in [-0.3, -0.25) is 10.1 Å². The average Bonchev–Trinajstić information content (AvgIpc) is 2.47. The molecule has 102 valence electrons. The standard InChI is InChI=1S/C14H11INO4/c1-15-11-4-2-3-10(9-11)14(17)20-13-7-5-12(6-8-13)16(18)19/h2-9H,1H3/q+1. The molecule has 6 heteroatoms. The number of rotatable bonds is 4. The Balaban J connectivity index is 2.12. The molecule has 0 atom stereocenters. The highest BCUT2D eigenvalue weighted by molar-refractivity contribution is 5.90. The molecule has 5 nitrogen and oxygen atoms in total. The third-order valence-electron chi connectivity index (χ3n) is 2.54. The Kier molecular flexibility index (Phi) is 4.67. The van der Waals surface area contributed by atoms with Crippen LogP contribution in [0.5, 0.6) is 5.75 Å². The summed E-state index contributed by atoms with van der Waals surface area (Å²) in [6.07, 6.45) is 0. The molecule has 0 radical (unpaired) electrons. The maximum absolute atomic E-state index is 12.0. The molecule has 0 aliphatic rings. The van der Waals surface area contributed by atoms with Gasteiger partial charge in [0.05, 0.1) is 10.5 Å². The van der Waals surface area contributed by atoms with Crippen LogP contribution in [0.3, 0.4) is 0 Å². The summed E-state index contributed by atoms with van der Waals surface area (Å²) in [4.78, 5) is 24.1. The zero-order chi connectivity index (χ0) is 14.5. The molecule has 0 fully saturated rings. The predicted octanol–water partition coefficient (Wildman–Crippen LogP) is -0.298. The Morgan fingerprint density at radius 3 is 2.50 bits per heavy atom. The predicted molar refractivity (Wildman–Crippen MR) is 69.1 cm³/mol. The average molecular weight is 384 g/mol. The van der Waals surface area contributed by atoms with E-state index < -0.39 is 10.9 Å². The van der Waals surface area contributed by atoms with E-state index >= 15 is 0 Å². The molecule has 0 spiro atoms. The summed E-state index contributed by atoms with van der Waals surface area (Å²) in [7, 11) is 0. The van der Waals surface area contributed by atoms with Gasteiger partial charge in [-0.1, -0.05) is 6.07 Å². The van der Waals surface area contributed by atoms with E-state index in [0.717, 1.165) is 3.57 Å². The summed E-state index contributed by atoms with van der Waals surface area (Å²) in [6.45, 7) is 0. The third kappa shape index (κ3) is 3.53. The maximum Gasteiger partial charge on any atom is 0.343 e. The highest BCUT2D eigenvalue weighted by atomic mass is 127. The van der Waals surface area contributed by atoms with Gasteiger partial charge in [0.2, 0.25) is 0 Å². The van der Waals surface area contributed by atoms with Gasteiger partial charge in [0.15, 0.2) is 3.57 Å². The highest BCUT2D eigenvalue weighted by Gasteiger charge is 2.13. The number of esters is 1. The van der Waals surface area contributed by atoms with Crippen LogP contribution >= 0.6 is 0 Å². The van der Waals surface area contributed by atoms with Gasteiger partial charge in [0, 0.05) is 18.2 Å². The normalized spacial score (nSPS) is 10.1. The zero-order valence-electron chi connectivity index (χ0n) is 10.6. The number of non-ortho nitro benzene ring substituents is 1. The molecule has 0 aliphatic carbocycles. The summed E-state index contributed by atoms with van der Waals surface area (Å²) in [6, 6.07) is 12.7. The van der Waals surface area contributed by atoms with Crippen LogP contribution in [-0.4, -0.2) is 15.8 Å². The molecule has 0 aliphatic heterocycles. The van der Waals surface area contributed by atoms with Crippen LogP contribution in [-0.2, 0) is 0 Å². The number of nitro benzene ring substituents is 1. The Hall–Kier alpha value is -1.96. The molecule has 20 heavy (non-hydrogen) atoms. The Morgan fingerprint density at radius 1 is 1.20 bits per heavy atom. The molecule has 2 aromatic carbocycles. The molecule has 0 amide bonds. The molecule has 0 saturated carbocycles. The van der Waals surface area contributed by atoms with Gasteiger partial charge in [-0.25, -0.2) is 4.79 Å². The Labute approximate surface area is 126 Å². The van der Waals surface area contributed by atoms with Crippen LogP contribution < -0.4 is 25.9 Å². The monoisotopic (exact) mass is 384 g/mol. The van der Waals surface area contributed by atoms with Gasteiger partial charge in [0.25, 0.3) is 5.69 Å². The van der Waals surface area contributed by atoms with Gasteiger partial charge >= 0.3 is 27.2 Å². The number of benzene rings is 2. The van der Waals surface area contributed by atoms with E-state index in [4.69, 9.17) is 4.74 Å². The smallest absolute Gasteiger partial charge is 0.343 e. The fourth-order valence-corrected chi connectivity index (χ4v) is 2.75. The van der Waals surface area contributed by atoms with Crippen molar-refractivity contribution in [3.8, 4) is 5.75 Å². The van der Waals surface area contributed by atoms with Crippen LogP contribution in [0.25, 0.3) is 0 Å².